The van der Waals surface area contributed by atoms with Crippen LogP contribution in [0.1, 0.15) is 13.3 Å². The second-order valence-electron chi connectivity index (χ2n) is 3.77. The van der Waals surface area contributed by atoms with E-state index in [1.54, 1.807) is 4.68 Å². The number of anilines is 1. The summed E-state index contributed by atoms with van der Waals surface area (Å²) in [7, 11) is 1.83. The van der Waals surface area contributed by atoms with Crippen LogP contribution in [-0.4, -0.2) is 37.5 Å². The van der Waals surface area contributed by atoms with E-state index in [-0.39, 0.29) is 12.6 Å². The van der Waals surface area contributed by atoms with Gasteiger partial charge in [0.15, 0.2) is 5.65 Å². The third-order valence-electron chi connectivity index (χ3n) is 2.63. The molecule has 2 aromatic rings. The van der Waals surface area contributed by atoms with Gasteiger partial charge in [0.05, 0.1) is 18.0 Å². The van der Waals surface area contributed by atoms with E-state index in [1.165, 1.54) is 6.33 Å². The standard InChI is InChI=1S/C10H14BrN5O/c1-3-6(4-17)14-9-7-8(11)15-16(2)10(7)13-5-12-9/h5-6,17H,3-4H2,1-2H3,(H,12,13,14). The number of aliphatic hydroxyl groups excluding tert-OH is 1. The molecule has 0 aliphatic heterocycles. The molecule has 0 radical (unpaired) electrons. The van der Waals surface area contributed by atoms with Crippen molar-refractivity contribution in [1.29, 1.82) is 0 Å². The van der Waals surface area contributed by atoms with Gasteiger partial charge in [0.2, 0.25) is 0 Å². The van der Waals surface area contributed by atoms with Crippen molar-refractivity contribution in [2.45, 2.75) is 19.4 Å². The molecule has 0 bridgehead atoms. The first-order chi connectivity index (χ1) is 8.17. The summed E-state index contributed by atoms with van der Waals surface area (Å²) >= 11 is 3.39. The lowest BCUT2D eigenvalue weighted by Crippen LogP contribution is -2.23. The molecule has 7 heteroatoms. The van der Waals surface area contributed by atoms with E-state index >= 15 is 0 Å². The highest BCUT2D eigenvalue weighted by molar-refractivity contribution is 9.10. The molecule has 1 unspecified atom stereocenters. The SMILES string of the molecule is CCC(CO)Nc1ncnc2c1c(Br)nn2C. The normalized spacial score (nSPS) is 12.9. The largest absolute Gasteiger partial charge is 0.394 e. The van der Waals surface area contributed by atoms with Crippen molar-refractivity contribution in [3.8, 4) is 0 Å². The van der Waals surface area contributed by atoms with E-state index in [9.17, 15) is 5.11 Å². The number of aryl methyl sites for hydroxylation is 1. The summed E-state index contributed by atoms with van der Waals surface area (Å²) in [6.07, 6.45) is 2.31. The maximum Gasteiger partial charge on any atom is 0.164 e. The third-order valence-corrected chi connectivity index (χ3v) is 3.19. The highest BCUT2D eigenvalue weighted by atomic mass is 79.9. The number of fused-ring (bicyclic) bond motifs is 1. The van der Waals surface area contributed by atoms with E-state index in [2.05, 4.69) is 36.3 Å². The van der Waals surface area contributed by atoms with Gasteiger partial charge in [-0.05, 0) is 22.4 Å². The minimum Gasteiger partial charge on any atom is -0.394 e. The Morgan fingerprint density at radius 3 is 2.94 bits per heavy atom. The van der Waals surface area contributed by atoms with E-state index in [4.69, 9.17) is 0 Å². The number of nitrogens with one attached hydrogen (secondary N) is 1. The Morgan fingerprint density at radius 2 is 2.29 bits per heavy atom. The van der Waals surface area contributed by atoms with Gasteiger partial charge < -0.3 is 10.4 Å². The van der Waals surface area contributed by atoms with Crippen LogP contribution in [0.15, 0.2) is 10.9 Å². The van der Waals surface area contributed by atoms with Gasteiger partial charge in [0.1, 0.15) is 16.7 Å². The van der Waals surface area contributed by atoms with Gasteiger partial charge in [0, 0.05) is 7.05 Å². The van der Waals surface area contributed by atoms with Crippen molar-refractivity contribution in [3.05, 3.63) is 10.9 Å². The average Bonchev–Trinajstić information content (AvgIpc) is 2.63. The van der Waals surface area contributed by atoms with Crippen LogP contribution in [0.2, 0.25) is 0 Å². The fourth-order valence-corrected chi connectivity index (χ4v) is 2.22. The Balaban J connectivity index is 2.47. The maximum absolute atomic E-state index is 9.20. The van der Waals surface area contributed by atoms with Crippen LogP contribution in [0.3, 0.4) is 0 Å². The summed E-state index contributed by atoms with van der Waals surface area (Å²) in [4.78, 5) is 8.38. The van der Waals surface area contributed by atoms with Crippen LogP contribution in [0.5, 0.6) is 0 Å². The summed E-state index contributed by atoms with van der Waals surface area (Å²) in [6, 6.07) is -0.0137. The fourth-order valence-electron chi connectivity index (χ4n) is 1.62. The minimum atomic E-state index is -0.0137. The first kappa shape index (κ1) is 12.3. The van der Waals surface area contributed by atoms with Crippen molar-refractivity contribution < 1.29 is 5.11 Å². The Labute approximate surface area is 107 Å². The highest BCUT2D eigenvalue weighted by Gasteiger charge is 2.15. The Bertz CT molecular complexity index is 523. The zero-order chi connectivity index (χ0) is 12.4. The second kappa shape index (κ2) is 4.97. The number of hydrogen-bond donors (Lipinski definition) is 2. The van der Waals surface area contributed by atoms with E-state index in [0.29, 0.717) is 10.4 Å². The van der Waals surface area contributed by atoms with Crippen LogP contribution >= 0.6 is 15.9 Å². The lowest BCUT2D eigenvalue weighted by Gasteiger charge is -2.14. The number of nitrogens with zero attached hydrogens (tertiary/aromatic N) is 4. The molecule has 6 nitrogen and oxygen atoms in total. The van der Waals surface area contributed by atoms with E-state index in [1.807, 2.05) is 14.0 Å². The summed E-state index contributed by atoms with van der Waals surface area (Å²) in [5, 5.41) is 17.5. The first-order valence-electron chi connectivity index (χ1n) is 5.38. The van der Waals surface area contributed by atoms with Gasteiger partial charge in [-0.15, -0.1) is 0 Å². The Hall–Kier alpha value is -1.21. The maximum atomic E-state index is 9.20. The van der Waals surface area contributed by atoms with Gasteiger partial charge in [0.25, 0.3) is 0 Å². The lowest BCUT2D eigenvalue weighted by atomic mass is 10.2. The summed E-state index contributed by atoms with van der Waals surface area (Å²) in [5.41, 5.74) is 0.752. The molecule has 0 aliphatic rings. The van der Waals surface area contributed by atoms with Crippen LogP contribution in [0.25, 0.3) is 11.0 Å². The molecule has 1 atom stereocenters. The van der Waals surface area contributed by atoms with E-state index < -0.39 is 0 Å². The molecule has 92 valence electrons. The molecule has 2 N–H and O–H groups in total. The second-order valence-corrected chi connectivity index (χ2v) is 4.52. The molecule has 0 spiro atoms. The predicted octanol–water partition coefficient (Wildman–Crippen LogP) is 1.31. The van der Waals surface area contributed by atoms with Gasteiger partial charge >= 0.3 is 0 Å². The number of aromatic nitrogens is 4. The Morgan fingerprint density at radius 1 is 1.53 bits per heavy atom. The molecule has 0 saturated heterocycles. The van der Waals surface area contributed by atoms with Crippen molar-refractivity contribution >= 4 is 32.8 Å². The Kier molecular flexibility index (Phi) is 3.58. The molecule has 0 fully saturated rings. The van der Waals surface area contributed by atoms with Crippen LogP contribution in [0.4, 0.5) is 5.82 Å². The van der Waals surface area contributed by atoms with Crippen LogP contribution in [0, 0.1) is 0 Å². The fraction of sp³-hybridized carbons (Fsp3) is 0.500. The molecule has 2 heterocycles. The van der Waals surface area contributed by atoms with Crippen molar-refractivity contribution in [3.63, 3.8) is 0 Å². The van der Waals surface area contributed by atoms with Gasteiger partial charge in [-0.25, -0.2) is 14.6 Å². The summed E-state index contributed by atoms with van der Waals surface area (Å²) in [5.74, 6) is 0.691. The molecule has 0 aliphatic carbocycles. The predicted molar refractivity (Wildman–Crippen MR) is 68.8 cm³/mol. The van der Waals surface area contributed by atoms with Gasteiger partial charge in [-0.2, -0.15) is 5.10 Å². The average molecular weight is 300 g/mol. The van der Waals surface area contributed by atoms with Crippen molar-refractivity contribution in [2.24, 2.45) is 7.05 Å². The van der Waals surface area contributed by atoms with Crippen molar-refractivity contribution in [1.82, 2.24) is 19.7 Å². The molecule has 0 saturated carbocycles. The molecule has 2 aromatic heterocycles. The zero-order valence-corrected chi connectivity index (χ0v) is 11.3. The number of halogens is 1. The summed E-state index contributed by atoms with van der Waals surface area (Å²) < 4.78 is 2.39. The van der Waals surface area contributed by atoms with Gasteiger partial charge in [-0.3, -0.25) is 0 Å². The highest BCUT2D eigenvalue weighted by Crippen LogP contribution is 2.27. The number of hydrogen-bond acceptors (Lipinski definition) is 5. The van der Waals surface area contributed by atoms with Crippen LogP contribution < -0.4 is 5.32 Å². The smallest absolute Gasteiger partial charge is 0.164 e. The van der Waals surface area contributed by atoms with E-state index in [0.717, 1.165) is 17.5 Å². The number of rotatable bonds is 4. The zero-order valence-electron chi connectivity index (χ0n) is 9.68. The van der Waals surface area contributed by atoms with Crippen LogP contribution in [-0.2, 0) is 7.05 Å². The number of aliphatic hydroxyl groups is 1. The monoisotopic (exact) mass is 299 g/mol. The van der Waals surface area contributed by atoms with Crippen molar-refractivity contribution in [2.75, 3.05) is 11.9 Å². The quantitative estimate of drug-likeness (QED) is 0.890. The molecule has 0 amide bonds. The molecule has 17 heavy (non-hydrogen) atoms. The van der Waals surface area contributed by atoms with Gasteiger partial charge in [-0.1, -0.05) is 6.92 Å². The minimum absolute atomic E-state index is 0.0137. The molecular formula is C10H14BrN5O. The molecule has 2 rings (SSSR count). The third kappa shape index (κ3) is 2.25. The molecule has 0 aromatic carbocycles. The first-order valence-corrected chi connectivity index (χ1v) is 6.17. The topological polar surface area (TPSA) is 75.9 Å². The molecular weight excluding hydrogens is 286 g/mol. The summed E-state index contributed by atoms with van der Waals surface area (Å²) in [6.45, 7) is 2.07. The lowest BCUT2D eigenvalue weighted by molar-refractivity contribution is 0.271.